The predicted octanol–water partition coefficient (Wildman–Crippen LogP) is 1.03. The van der Waals surface area contributed by atoms with E-state index in [1.165, 1.54) is 19.5 Å². The second kappa shape index (κ2) is 2.46. The van der Waals surface area contributed by atoms with Crippen LogP contribution in [-0.2, 0) is 0 Å². The van der Waals surface area contributed by atoms with Crippen LogP contribution in [0.2, 0.25) is 0 Å². The lowest BCUT2D eigenvalue weighted by Crippen LogP contribution is -2.59. The number of likely N-dealkylation sites (N-methyl/N-ethyl adjacent to an activating group) is 2. The Morgan fingerprint density at radius 3 is 2.50 bits per heavy atom. The van der Waals surface area contributed by atoms with Crippen molar-refractivity contribution in [1.29, 1.82) is 0 Å². The molecule has 12 heavy (non-hydrogen) atoms. The van der Waals surface area contributed by atoms with Crippen LogP contribution in [0, 0.1) is 5.41 Å². The second-order valence-corrected chi connectivity index (χ2v) is 5.26. The summed E-state index contributed by atoms with van der Waals surface area (Å²) in [6, 6.07) is 1.66. The van der Waals surface area contributed by atoms with Crippen molar-refractivity contribution in [1.82, 2.24) is 9.80 Å². The van der Waals surface area contributed by atoms with E-state index in [0.717, 1.165) is 12.1 Å². The van der Waals surface area contributed by atoms with Gasteiger partial charge in [0.2, 0.25) is 0 Å². The zero-order chi connectivity index (χ0) is 8.93. The van der Waals surface area contributed by atoms with E-state index in [2.05, 4.69) is 37.7 Å². The molecule has 2 bridgehead atoms. The first-order valence-corrected chi connectivity index (χ1v) is 4.91. The lowest BCUT2D eigenvalue weighted by molar-refractivity contribution is -0.00519. The van der Waals surface area contributed by atoms with E-state index < -0.39 is 0 Å². The minimum atomic E-state index is 0.483. The Balaban J connectivity index is 2.18. The Morgan fingerprint density at radius 1 is 1.25 bits per heavy atom. The minimum absolute atomic E-state index is 0.483. The van der Waals surface area contributed by atoms with Crippen LogP contribution < -0.4 is 0 Å². The minimum Gasteiger partial charge on any atom is -0.304 e. The van der Waals surface area contributed by atoms with E-state index in [0.29, 0.717) is 5.41 Å². The van der Waals surface area contributed by atoms with Gasteiger partial charge >= 0.3 is 0 Å². The molecule has 0 N–H and O–H groups in total. The molecular formula is C10H20N2. The van der Waals surface area contributed by atoms with Gasteiger partial charge in [-0.05, 0) is 25.9 Å². The Morgan fingerprint density at radius 2 is 1.92 bits per heavy atom. The summed E-state index contributed by atoms with van der Waals surface area (Å²) < 4.78 is 0. The molecule has 3 heterocycles. The molecule has 3 aliphatic heterocycles. The lowest BCUT2D eigenvalue weighted by Gasteiger charge is -2.50. The van der Waals surface area contributed by atoms with Gasteiger partial charge < -0.3 is 4.90 Å². The first-order valence-electron chi connectivity index (χ1n) is 4.91. The molecule has 3 fully saturated rings. The standard InChI is InChI=1S/C10H20N2/c1-10(2)7-11(3)6-8-5-9(10)12(8)4/h8-9H,5-7H2,1-4H3. The summed E-state index contributed by atoms with van der Waals surface area (Å²) in [5.41, 5.74) is 0.483. The highest BCUT2D eigenvalue weighted by Crippen LogP contribution is 2.40. The topological polar surface area (TPSA) is 6.48 Å². The fourth-order valence-corrected chi connectivity index (χ4v) is 3.01. The van der Waals surface area contributed by atoms with Crippen LogP contribution in [0.5, 0.6) is 0 Å². The van der Waals surface area contributed by atoms with Gasteiger partial charge in [-0.25, -0.2) is 0 Å². The second-order valence-electron chi connectivity index (χ2n) is 5.26. The van der Waals surface area contributed by atoms with Gasteiger partial charge in [-0.3, -0.25) is 4.90 Å². The van der Waals surface area contributed by atoms with E-state index in [9.17, 15) is 0 Å². The smallest absolute Gasteiger partial charge is 0.0238 e. The van der Waals surface area contributed by atoms with E-state index in [1.807, 2.05) is 0 Å². The molecular weight excluding hydrogens is 148 g/mol. The summed E-state index contributed by atoms with van der Waals surface area (Å²) in [7, 11) is 4.52. The Labute approximate surface area is 75.5 Å². The van der Waals surface area contributed by atoms with E-state index in [1.54, 1.807) is 0 Å². The Hall–Kier alpha value is -0.0800. The van der Waals surface area contributed by atoms with Gasteiger partial charge in [0.15, 0.2) is 0 Å². The van der Waals surface area contributed by atoms with E-state index in [-0.39, 0.29) is 0 Å². The zero-order valence-corrected chi connectivity index (χ0v) is 8.67. The quantitative estimate of drug-likeness (QED) is 0.533. The number of nitrogens with zero attached hydrogens (tertiary/aromatic N) is 2. The van der Waals surface area contributed by atoms with Crippen molar-refractivity contribution >= 4 is 0 Å². The largest absolute Gasteiger partial charge is 0.304 e. The molecule has 0 aliphatic carbocycles. The maximum atomic E-state index is 2.56. The summed E-state index contributed by atoms with van der Waals surface area (Å²) >= 11 is 0. The van der Waals surface area contributed by atoms with Crippen molar-refractivity contribution in [3.05, 3.63) is 0 Å². The third-order valence-electron chi connectivity index (χ3n) is 3.66. The van der Waals surface area contributed by atoms with Crippen molar-refractivity contribution in [2.45, 2.75) is 32.4 Å². The summed E-state index contributed by atoms with van der Waals surface area (Å²) in [5, 5.41) is 0. The molecule has 3 rings (SSSR count). The Kier molecular flexibility index (Phi) is 1.74. The molecule has 2 nitrogen and oxygen atoms in total. The zero-order valence-electron chi connectivity index (χ0n) is 8.67. The summed E-state index contributed by atoms with van der Waals surface area (Å²) in [5.74, 6) is 0. The van der Waals surface area contributed by atoms with E-state index >= 15 is 0 Å². The molecule has 0 amide bonds. The SMILES string of the molecule is CN1CC2CC(N2C)C(C)(C)C1. The maximum Gasteiger partial charge on any atom is 0.0238 e. The average molecular weight is 168 g/mol. The monoisotopic (exact) mass is 168 g/mol. The fourth-order valence-electron chi connectivity index (χ4n) is 3.01. The van der Waals surface area contributed by atoms with E-state index in [4.69, 9.17) is 0 Å². The van der Waals surface area contributed by atoms with Gasteiger partial charge in [-0.2, -0.15) is 0 Å². The van der Waals surface area contributed by atoms with Crippen molar-refractivity contribution in [3.63, 3.8) is 0 Å². The van der Waals surface area contributed by atoms with Crippen LogP contribution in [0.1, 0.15) is 20.3 Å². The third-order valence-corrected chi connectivity index (χ3v) is 3.66. The molecule has 2 atom stereocenters. The Bertz CT molecular complexity index is 188. The van der Waals surface area contributed by atoms with Gasteiger partial charge in [0.05, 0.1) is 0 Å². The average Bonchev–Trinajstić information content (AvgIpc) is 2.09. The van der Waals surface area contributed by atoms with Crippen molar-refractivity contribution in [2.24, 2.45) is 5.41 Å². The van der Waals surface area contributed by atoms with Crippen LogP contribution in [0.25, 0.3) is 0 Å². The molecule has 2 heteroatoms. The molecule has 3 aliphatic rings. The van der Waals surface area contributed by atoms with Crippen LogP contribution >= 0.6 is 0 Å². The molecule has 0 aromatic carbocycles. The third kappa shape index (κ3) is 1.09. The van der Waals surface area contributed by atoms with Gasteiger partial charge in [0, 0.05) is 25.2 Å². The number of hydrogen-bond donors (Lipinski definition) is 0. The van der Waals surface area contributed by atoms with Gasteiger partial charge in [-0.15, -0.1) is 0 Å². The number of fused-ring (bicyclic) bond motifs is 3. The van der Waals surface area contributed by atoms with Crippen LogP contribution in [0.3, 0.4) is 0 Å². The number of hydrogen-bond acceptors (Lipinski definition) is 2. The highest BCUT2D eigenvalue weighted by Gasteiger charge is 2.47. The lowest BCUT2D eigenvalue weighted by atomic mass is 9.76. The number of rotatable bonds is 0. The molecule has 70 valence electrons. The fraction of sp³-hybridized carbons (Fsp3) is 1.00. The molecule has 0 spiro atoms. The highest BCUT2D eigenvalue weighted by atomic mass is 15.3. The molecule has 3 saturated heterocycles. The molecule has 0 aromatic heterocycles. The first-order chi connectivity index (χ1) is 5.50. The molecule has 0 aromatic rings. The summed E-state index contributed by atoms with van der Waals surface area (Å²) in [6.45, 7) is 7.30. The highest BCUT2D eigenvalue weighted by molar-refractivity contribution is 5.03. The van der Waals surface area contributed by atoms with Crippen molar-refractivity contribution in [2.75, 3.05) is 27.2 Å². The van der Waals surface area contributed by atoms with Crippen LogP contribution in [-0.4, -0.2) is 49.1 Å². The van der Waals surface area contributed by atoms with Gasteiger partial charge in [-0.1, -0.05) is 13.8 Å². The van der Waals surface area contributed by atoms with Crippen molar-refractivity contribution in [3.8, 4) is 0 Å². The predicted molar refractivity (Wildman–Crippen MR) is 51.2 cm³/mol. The normalized spacial score (nSPS) is 42.0. The molecule has 0 saturated carbocycles. The summed E-state index contributed by atoms with van der Waals surface area (Å²) in [6.07, 6.45) is 1.41. The summed E-state index contributed by atoms with van der Waals surface area (Å²) in [4.78, 5) is 5.04. The first kappa shape index (κ1) is 8.52. The maximum absolute atomic E-state index is 2.56. The van der Waals surface area contributed by atoms with Crippen LogP contribution in [0.15, 0.2) is 0 Å². The van der Waals surface area contributed by atoms with Gasteiger partial charge in [0.1, 0.15) is 0 Å². The molecule has 0 radical (unpaired) electrons. The van der Waals surface area contributed by atoms with Crippen LogP contribution in [0.4, 0.5) is 0 Å². The van der Waals surface area contributed by atoms with Gasteiger partial charge in [0.25, 0.3) is 0 Å². The van der Waals surface area contributed by atoms with Crippen molar-refractivity contribution < 1.29 is 0 Å². The molecule has 2 unspecified atom stereocenters.